The van der Waals surface area contributed by atoms with Crippen LogP contribution < -0.4 is 15.4 Å². The van der Waals surface area contributed by atoms with Gasteiger partial charge in [-0.2, -0.15) is 0 Å². The molecule has 0 saturated heterocycles. The number of nitrogens with one attached hydrogen (secondary N) is 2. The number of rotatable bonds is 11. The van der Waals surface area contributed by atoms with Crippen LogP contribution in [0.3, 0.4) is 0 Å². The Balaban J connectivity index is 1.40. The third-order valence-electron chi connectivity index (χ3n) is 6.40. The molecule has 5 nitrogen and oxygen atoms in total. The van der Waals surface area contributed by atoms with E-state index in [0.717, 1.165) is 41.5 Å². The zero-order chi connectivity index (χ0) is 25.3. The number of carbonyl (C=O) groups is 1. The summed E-state index contributed by atoms with van der Waals surface area (Å²) in [6, 6.07) is 22.0. The van der Waals surface area contributed by atoms with Crippen molar-refractivity contribution in [1.29, 1.82) is 0 Å². The molecule has 36 heavy (non-hydrogen) atoms. The molecule has 1 amide bonds. The molecule has 3 aromatic rings. The van der Waals surface area contributed by atoms with E-state index in [0.29, 0.717) is 24.5 Å². The molecule has 190 valence electrons. The van der Waals surface area contributed by atoms with Crippen molar-refractivity contribution >= 4 is 17.7 Å². The predicted octanol–water partition coefficient (Wildman–Crippen LogP) is 4.68. The highest BCUT2D eigenvalue weighted by Crippen LogP contribution is 2.33. The topological polar surface area (TPSA) is 70.6 Å². The first-order valence-electron chi connectivity index (χ1n) is 12.4. The van der Waals surface area contributed by atoms with Crippen LogP contribution in [0.1, 0.15) is 36.1 Å². The molecule has 7 heteroatoms. The van der Waals surface area contributed by atoms with Gasteiger partial charge < -0.3 is 20.5 Å². The van der Waals surface area contributed by atoms with E-state index in [4.69, 9.17) is 4.74 Å². The van der Waals surface area contributed by atoms with Gasteiger partial charge >= 0.3 is 0 Å². The molecule has 4 rings (SSSR count). The summed E-state index contributed by atoms with van der Waals surface area (Å²) in [6.07, 6.45) is 1.43. The van der Waals surface area contributed by atoms with Gasteiger partial charge in [-0.05, 0) is 42.2 Å². The van der Waals surface area contributed by atoms with E-state index in [9.17, 15) is 14.3 Å². The Morgan fingerprint density at radius 2 is 1.89 bits per heavy atom. The van der Waals surface area contributed by atoms with E-state index in [1.54, 1.807) is 18.2 Å². The maximum atomic E-state index is 13.9. The van der Waals surface area contributed by atoms with Crippen LogP contribution in [-0.4, -0.2) is 42.1 Å². The van der Waals surface area contributed by atoms with E-state index in [1.165, 1.54) is 11.6 Å². The Morgan fingerprint density at radius 3 is 2.67 bits per heavy atom. The number of amides is 1. The molecule has 0 saturated carbocycles. The minimum absolute atomic E-state index is 0.0690. The van der Waals surface area contributed by atoms with Crippen molar-refractivity contribution in [3.8, 4) is 5.75 Å². The lowest BCUT2D eigenvalue weighted by Gasteiger charge is -2.30. The van der Waals surface area contributed by atoms with Crippen LogP contribution >= 0.6 is 11.8 Å². The summed E-state index contributed by atoms with van der Waals surface area (Å²) < 4.78 is 19.8. The Morgan fingerprint density at radius 1 is 1.11 bits per heavy atom. The summed E-state index contributed by atoms with van der Waals surface area (Å²) >= 11 is 1.15. The second-order valence-electron chi connectivity index (χ2n) is 8.97. The summed E-state index contributed by atoms with van der Waals surface area (Å²) in [7, 11) is 0. The second kappa shape index (κ2) is 12.9. The predicted molar refractivity (Wildman–Crippen MR) is 142 cm³/mol. The molecule has 1 aliphatic heterocycles. The number of thioether (sulfide) groups is 1. The number of benzene rings is 3. The Bertz CT molecular complexity index is 1140. The number of aliphatic hydroxyl groups excluding tert-OH is 1. The van der Waals surface area contributed by atoms with Crippen LogP contribution in [0.15, 0.2) is 77.7 Å². The summed E-state index contributed by atoms with van der Waals surface area (Å²) in [6.45, 7) is 3.06. The van der Waals surface area contributed by atoms with Gasteiger partial charge in [0.15, 0.2) is 0 Å². The Kier molecular flexibility index (Phi) is 9.39. The highest BCUT2D eigenvalue weighted by Gasteiger charge is 2.26. The normalized spacial score (nSPS) is 16.5. The number of halogens is 1. The second-order valence-corrected chi connectivity index (χ2v) is 9.99. The van der Waals surface area contributed by atoms with Crippen molar-refractivity contribution in [3.05, 3.63) is 95.3 Å². The SMILES string of the molecule is CCc1ccc2c(c1)[C@@H](NC[C@@H](O)[C@H](Cc1ccccc1)NC(=O)CSc1ccccc1F)CCO2. The summed E-state index contributed by atoms with van der Waals surface area (Å²) in [4.78, 5) is 13.2. The maximum absolute atomic E-state index is 13.9. The number of fused-ring (bicyclic) bond motifs is 1. The van der Waals surface area contributed by atoms with E-state index < -0.39 is 12.1 Å². The highest BCUT2D eigenvalue weighted by atomic mass is 32.2. The monoisotopic (exact) mass is 508 g/mol. The molecule has 0 unspecified atom stereocenters. The molecular formula is C29H33FN2O3S. The van der Waals surface area contributed by atoms with Crippen LogP contribution in [0.4, 0.5) is 4.39 Å². The zero-order valence-electron chi connectivity index (χ0n) is 20.5. The van der Waals surface area contributed by atoms with Gasteiger partial charge in [0.2, 0.25) is 5.91 Å². The summed E-state index contributed by atoms with van der Waals surface area (Å²) in [5.41, 5.74) is 3.37. The van der Waals surface area contributed by atoms with Gasteiger partial charge in [0, 0.05) is 29.5 Å². The number of aliphatic hydroxyl groups is 1. The van der Waals surface area contributed by atoms with Gasteiger partial charge in [-0.3, -0.25) is 4.79 Å². The Hall–Kier alpha value is -2.87. The first-order chi connectivity index (χ1) is 17.5. The van der Waals surface area contributed by atoms with Gasteiger partial charge in [0.1, 0.15) is 11.6 Å². The Labute approximate surface area is 216 Å². The van der Waals surface area contributed by atoms with Crippen molar-refractivity contribution in [2.75, 3.05) is 18.9 Å². The van der Waals surface area contributed by atoms with Crippen LogP contribution in [0.2, 0.25) is 0 Å². The minimum atomic E-state index is -0.812. The summed E-state index contributed by atoms with van der Waals surface area (Å²) in [5.74, 6) is 0.361. The molecule has 3 aromatic carbocycles. The molecule has 0 fully saturated rings. The molecule has 0 aliphatic carbocycles. The minimum Gasteiger partial charge on any atom is -0.493 e. The van der Waals surface area contributed by atoms with Gasteiger partial charge in [-0.15, -0.1) is 11.8 Å². The molecule has 0 radical (unpaired) electrons. The van der Waals surface area contributed by atoms with E-state index in [1.807, 2.05) is 36.4 Å². The first kappa shape index (κ1) is 26.2. The van der Waals surface area contributed by atoms with E-state index in [-0.39, 0.29) is 23.5 Å². The molecule has 3 N–H and O–H groups in total. The van der Waals surface area contributed by atoms with E-state index >= 15 is 0 Å². The lowest BCUT2D eigenvalue weighted by molar-refractivity contribution is -0.120. The molecule has 3 atom stereocenters. The highest BCUT2D eigenvalue weighted by molar-refractivity contribution is 8.00. The van der Waals surface area contributed by atoms with Gasteiger partial charge in [0.25, 0.3) is 0 Å². The van der Waals surface area contributed by atoms with Gasteiger partial charge in [-0.1, -0.05) is 61.5 Å². The van der Waals surface area contributed by atoms with Crippen molar-refractivity contribution < 1.29 is 19.0 Å². The van der Waals surface area contributed by atoms with Crippen LogP contribution in [0.5, 0.6) is 5.75 Å². The number of hydrogen-bond acceptors (Lipinski definition) is 5. The fourth-order valence-electron chi connectivity index (χ4n) is 4.39. The largest absolute Gasteiger partial charge is 0.493 e. The van der Waals surface area contributed by atoms with Crippen molar-refractivity contribution in [3.63, 3.8) is 0 Å². The average molecular weight is 509 g/mol. The maximum Gasteiger partial charge on any atom is 0.230 e. The van der Waals surface area contributed by atoms with Crippen molar-refractivity contribution in [2.45, 2.75) is 49.3 Å². The number of carbonyl (C=O) groups excluding carboxylic acids is 1. The standard InChI is InChI=1S/C29H33FN2O3S/c1-2-20-12-13-27-22(16-20)24(14-15-35-27)31-18-26(33)25(17-21-8-4-3-5-9-21)32-29(34)19-36-28-11-7-6-10-23(28)30/h3-13,16,24-26,31,33H,2,14-15,17-19H2,1H3,(H,32,34)/t24-,25-,26+/m0/s1. The van der Waals surface area contributed by atoms with E-state index in [2.05, 4.69) is 29.7 Å². The van der Waals surface area contributed by atoms with Crippen molar-refractivity contribution in [2.24, 2.45) is 0 Å². The molecular weight excluding hydrogens is 475 g/mol. The molecule has 1 heterocycles. The molecule has 0 bridgehead atoms. The first-order valence-corrected chi connectivity index (χ1v) is 13.4. The third kappa shape index (κ3) is 7.09. The number of hydrogen-bond donors (Lipinski definition) is 3. The van der Waals surface area contributed by atoms with Gasteiger partial charge in [-0.25, -0.2) is 4.39 Å². The quantitative estimate of drug-likeness (QED) is 0.328. The number of aryl methyl sites for hydroxylation is 1. The number of ether oxygens (including phenoxy) is 1. The lowest BCUT2D eigenvalue weighted by Crippen LogP contribution is -2.49. The van der Waals surface area contributed by atoms with Crippen LogP contribution in [0.25, 0.3) is 0 Å². The zero-order valence-corrected chi connectivity index (χ0v) is 21.3. The smallest absolute Gasteiger partial charge is 0.230 e. The van der Waals surface area contributed by atoms with Crippen LogP contribution in [-0.2, 0) is 17.6 Å². The molecule has 1 aliphatic rings. The van der Waals surface area contributed by atoms with Crippen molar-refractivity contribution in [1.82, 2.24) is 10.6 Å². The average Bonchev–Trinajstić information content (AvgIpc) is 2.91. The molecule has 0 aromatic heterocycles. The van der Waals surface area contributed by atoms with Crippen LogP contribution in [0, 0.1) is 5.82 Å². The fraction of sp³-hybridized carbons (Fsp3) is 0.345. The third-order valence-corrected chi connectivity index (χ3v) is 7.45. The fourth-order valence-corrected chi connectivity index (χ4v) is 5.14. The lowest BCUT2D eigenvalue weighted by atomic mass is 9.96. The molecule has 0 spiro atoms. The van der Waals surface area contributed by atoms with Gasteiger partial charge in [0.05, 0.1) is 24.5 Å². The summed E-state index contributed by atoms with van der Waals surface area (Å²) in [5, 5.41) is 17.6.